The Bertz CT molecular complexity index is 810. The van der Waals surface area contributed by atoms with E-state index in [9.17, 15) is 31.1 Å². The van der Waals surface area contributed by atoms with Gasteiger partial charge in [0.25, 0.3) is 0 Å². The molecule has 0 N–H and O–H groups in total. The predicted molar refractivity (Wildman–Crippen MR) is 129 cm³/mol. The highest BCUT2D eigenvalue weighted by Gasteiger charge is 2.78. The zero-order chi connectivity index (χ0) is 29.1. The molecule has 1 aromatic carbocycles. The predicted octanol–water partition coefficient (Wildman–Crippen LogP) is 7.52. The number of rotatable bonds is 10. The van der Waals surface area contributed by atoms with Gasteiger partial charge in [-0.2, -0.15) is 26.3 Å². The summed E-state index contributed by atoms with van der Waals surface area (Å²) in [6.45, 7) is 13.1. The summed E-state index contributed by atoms with van der Waals surface area (Å²) in [6, 6.07) is 6.07. The lowest BCUT2D eigenvalue weighted by atomic mass is 9.99. The van der Waals surface area contributed by atoms with E-state index < -0.39 is 42.7 Å². The van der Waals surface area contributed by atoms with Crippen molar-refractivity contribution >= 4 is 23.6 Å². The van der Waals surface area contributed by atoms with Crippen LogP contribution in [0.1, 0.15) is 52.7 Å². The Morgan fingerprint density at radius 1 is 0.865 bits per heavy atom. The maximum atomic E-state index is 13.4. The van der Waals surface area contributed by atoms with Crippen molar-refractivity contribution in [3.63, 3.8) is 0 Å². The molecule has 12 heteroatoms. The SMILES string of the molecule is C=Cc1ccc(COC(=O)C(OCOCC(C)(C)C)(C(F)(F)F)C(F)(F)F)cc1.CC(C)(C)COCCl. The van der Waals surface area contributed by atoms with Gasteiger partial charge in [0.15, 0.2) is 0 Å². The van der Waals surface area contributed by atoms with Crippen molar-refractivity contribution in [3.8, 4) is 0 Å². The average molecular weight is 565 g/mol. The van der Waals surface area contributed by atoms with E-state index in [0.717, 1.165) is 6.61 Å². The Morgan fingerprint density at radius 2 is 1.32 bits per heavy atom. The van der Waals surface area contributed by atoms with Crippen molar-refractivity contribution in [2.45, 2.75) is 66.1 Å². The molecule has 1 aromatic rings. The molecular formula is C25H35ClF6O5. The molecule has 5 nitrogen and oxygen atoms in total. The molecule has 0 amide bonds. The summed E-state index contributed by atoms with van der Waals surface area (Å²) in [6.07, 6.45) is -10.8. The molecule has 0 aliphatic carbocycles. The van der Waals surface area contributed by atoms with Gasteiger partial charge in [-0.1, -0.05) is 90.1 Å². The van der Waals surface area contributed by atoms with Crippen molar-refractivity contribution < 1.29 is 50.1 Å². The zero-order valence-electron chi connectivity index (χ0n) is 21.8. The largest absolute Gasteiger partial charge is 0.458 e. The van der Waals surface area contributed by atoms with Gasteiger partial charge in [-0.15, -0.1) is 0 Å². The molecular weight excluding hydrogens is 530 g/mol. The molecule has 0 saturated heterocycles. The fourth-order valence-electron chi connectivity index (χ4n) is 2.44. The highest BCUT2D eigenvalue weighted by molar-refractivity contribution is 6.17. The van der Waals surface area contributed by atoms with Crippen LogP contribution in [-0.4, -0.2) is 50.0 Å². The Morgan fingerprint density at radius 3 is 1.68 bits per heavy atom. The molecule has 0 unspecified atom stereocenters. The number of carbonyl (C=O) groups is 1. The molecule has 1 rings (SSSR count). The molecule has 214 valence electrons. The molecule has 0 fully saturated rings. The van der Waals surface area contributed by atoms with E-state index in [2.05, 4.69) is 36.8 Å². The molecule has 0 saturated carbocycles. The van der Waals surface area contributed by atoms with Gasteiger partial charge in [0.2, 0.25) is 0 Å². The second-order valence-corrected chi connectivity index (χ2v) is 10.6. The lowest BCUT2D eigenvalue weighted by molar-refractivity contribution is -0.381. The summed E-state index contributed by atoms with van der Waals surface area (Å²) in [4.78, 5) is 12.0. The van der Waals surface area contributed by atoms with Crippen molar-refractivity contribution in [2.75, 3.05) is 26.1 Å². The molecule has 0 atom stereocenters. The van der Waals surface area contributed by atoms with Crippen LogP contribution in [0.25, 0.3) is 6.08 Å². The molecule has 0 aromatic heterocycles. The van der Waals surface area contributed by atoms with Gasteiger partial charge < -0.3 is 18.9 Å². The molecule has 0 aliphatic rings. The number of hydrogen-bond donors (Lipinski definition) is 0. The average Bonchev–Trinajstić information content (AvgIpc) is 2.73. The van der Waals surface area contributed by atoms with E-state index in [-0.39, 0.29) is 17.6 Å². The van der Waals surface area contributed by atoms with Crippen molar-refractivity contribution in [1.82, 2.24) is 0 Å². The number of hydrogen-bond acceptors (Lipinski definition) is 5. The van der Waals surface area contributed by atoms with Crippen LogP contribution < -0.4 is 0 Å². The first-order valence-electron chi connectivity index (χ1n) is 11.1. The zero-order valence-corrected chi connectivity index (χ0v) is 22.6. The summed E-state index contributed by atoms with van der Waals surface area (Å²) in [5, 5.41) is 0. The van der Waals surface area contributed by atoms with Crippen molar-refractivity contribution in [3.05, 3.63) is 42.0 Å². The molecule has 37 heavy (non-hydrogen) atoms. The maximum Gasteiger partial charge on any atom is 0.437 e. The highest BCUT2D eigenvalue weighted by Crippen LogP contribution is 2.47. The van der Waals surface area contributed by atoms with Gasteiger partial charge in [0.05, 0.1) is 13.2 Å². The molecule has 0 radical (unpaired) electrons. The van der Waals surface area contributed by atoms with E-state index >= 15 is 0 Å². The normalized spacial score (nSPS) is 13.0. The number of ether oxygens (including phenoxy) is 4. The first kappa shape index (κ1) is 35.2. The topological polar surface area (TPSA) is 54.0 Å². The van der Waals surface area contributed by atoms with Gasteiger partial charge in [0.1, 0.15) is 19.5 Å². The number of halogens is 7. The van der Waals surface area contributed by atoms with Crippen molar-refractivity contribution in [2.24, 2.45) is 10.8 Å². The Labute approximate surface area is 219 Å². The van der Waals surface area contributed by atoms with Crippen LogP contribution in [0.3, 0.4) is 0 Å². The minimum atomic E-state index is -6.12. The van der Waals surface area contributed by atoms with E-state index in [4.69, 9.17) is 21.1 Å². The standard InChI is InChI=1S/C19H22F6O4.C6H13ClO/c1-5-13-6-8-14(9-7-13)10-28-15(26)17(18(20,21)22,19(23,24)25)29-12-27-11-16(2,3)4;1-6(2,3)4-8-5-7/h5-9H,1,10-12H2,2-4H3;4-5H2,1-3H3. The molecule has 0 heterocycles. The maximum absolute atomic E-state index is 13.4. The summed E-state index contributed by atoms with van der Waals surface area (Å²) in [5.74, 6) is -2.62. The van der Waals surface area contributed by atoms with Gasteiger partial charge in [-0.3, -0.25) is 0 Å². The summed E-state index contributed by atoms with van der Waals surface area (Å²) >= 11 is 5.29. The van der Waals surface area contributed by atoms with Crippen LogP contribution in [-0.2, 0) is 30.3 Å². The van der Waals surface area contributed by atoms with Crippen LogP contribution in [0.15, 0.2) is 30.8 Å². The van der Waals surface area contributed by atoms with Crippen molar-refractivity contribution in [1.29, 1.82) is 0 Å². The Kier molecular flexibility index (Phi) is 13.7. The molecule has 0 aliphatic heterocycles. The summed E-state index contributed by atoms with van der Waals surface area (Å²) < 4.78 is 98.4. The number of esters is 1. The smallest absolute Gasteiger partial charge is 0.437 e. The quantitative estimate of drug-likeness (QED) is 0.0967. The summed E-state index contributed by atoms with van der Waals surface area (Å²) in [5.41, 5.74) is -4.61. The van der Waals surface area contributed by atoms with Gasteiger partial charge in [-0.05, 0) is 22.0 Å². The second-order valence-electron chi connectivity index (χ2n) is 10.4. The summed E-state index contributed by atoms with van der Waals surface area (Å²) in [7, 11) is 0. The first-order chi connectivity index (χ1) is 16.7. The van der Waals surface area contributed by atoms with E-state index in [0.29, 0.717) is 11.6 Å². The Hall–Kier alpha value is -1.82. The fourth-order valence-corrected chi connectivity index (χ4v) is 2.52. The minimum absolute atomic E-state index is 0.186. The fraction of sp³-hybridized carbons (Fsp3) is 0.640. The van der Waals surface area contributed by atoms with Crippen LogP contribution >= 0.6 is 11.6 Å². The minimum Gasteiger partial charge on any atom is -0.458 e. The lowest BCUT2D eigenvalue weighted by Crippen LogP contribution is -2.64. The Balaban J connectivity index is 0.00000139. The lowest BCUT2D eigenvalue weighted by Gasteiger charge is -2.34. The number of benzene rings is 1. The molecule has 0 spiro atoms. The van der Waals surface area contributed by atoms with Crippen LogP contribution in [0.5, 0.6) is 0 Å². The van der Waals surface area contributed by atoms with Gasteiger partial charge >= 0.3 is 23.9 Å². The third-order valence-electron chi connectivity index (χ3n) is 4.18. The third kappa shape index (κ3) is 12.5. The third-order valence-corrected chi connectivity index (χ3v) is 4.33. The number of alkyl halides is 7. The highest BCUT2D eigenvalue weighted by atomic mass is 35.5. The van der Waals surface area contributed by atoms with E-state index in [1.165, 1.54) is 30.3 Å². The van der Waals surface area contributed by atoms with Crippen LogP contribution in [0.4, 0.5) is 26.3 Å². The molecule has 0 bridgehead atoms. The van der Waals surface area contributed by atoms with E-state index in [1.807, 2.05) is 0 Å². The van der Waals surface area contributed by atoms with Gasteiger partial charge in [0, 0.05) is 0 Å². The van der Waals surface area contributed by atoms with E-state index in [1.54, 1.807) is 20.8 Å². The number of carbonyl (C=O) groups excluding carboxylic acids is 1. The van der Waals surface area contributed by atoms with Crippen LogP contribution in [0, 0.1) is 10.8 Å². The first-order valence-corrected chi connectivity index (χ1v) is 11.6. The van der Waals surface area contributed by atoms with Gasteiger partial charge in [-0.25, -0.2) is 4.79 Å². The monoisotopic (exact) mass is 564 g/mol. The second kappa shape index (κ2) is 14.4. The van der Waals surface area contributed by atoms with Crippen LogP contribution in [0.2, 0.25) is 0 Å².